The summed E-state index contributed by atoms with van der Waals surface area (Å²) < 4.78 is 11.7. The smallest absolute Gasteiger partial charge is 0.250 e. The van der Waals surface area contributed by atoms with Gasteiger partial charge in [-0.25, -0.2) is 0 Å². The Balaban J connectivity index is 2.28. The first-order valence-electron chi connectivity index (χ1n) is 7.91. The van der Waals surface area contributed by atoms with E-state index >= 15 is 0 Å². The molecule has 1 aliphatic rings. The number of ether oxygens (including phenoxy) is 1. The number of rotatable bonds is 4. The van der Waals surface area contributed by atoms with Gasteiger partial charge in [0.15, 0.2) is 0 Å². The number of fused-ring (bicyclic) bond motifs is 1. The van der Waals surface area contributed by atoms with Crippen molar-refractivity contribution in [1.82, 2.24) is 0 Å². The van der Waals surface area contributed by atoms with Gasteiger partial charge in [0.05, 0.1) is 7.11 Å². The van der Waals surface area contributed by atoms with Crippen LogP contribution in [0.25, 0.3) is 5.57 Å². The van der Waals surface area contributed by atoms with E-state index in [1.54, 1.807) is 7.11 Å². The molecule has 1 aromatic rings. The van der Waals surface area contributed by atoms with Gasteiger partial charge in [-0.05, 0) is 54.2 Å². The first-order valence-corrected chi connectivity index (χ1v) is 10.8. The molecule has 0 amide bonds. The van der Waals surface area contributed by atoms with Gasteiger partial charge in [-0.15, -0.1) is 0 Å². The van der Waals surface area contributed by atoms with Gasteiger partial charge in [-0.1, -0.05) is 39.5 Å². The Morgan fingerprint density at radius 1 is 1.23 bits per heavy atom. The maximum atomic E-state index is 6.40. The normalized spacial score (nSPS) is 14.9. The lowest BCUT2D eigenvalue weighted by Gasteiger charge is -2.38. The lowest BCUT2D eigenvalue weighted by atomic mass is 9.90. The molecule has 2 rings (SSSR count). The second-order valence-electron chi connectivity index (χ2n) is 7.47. The first-order chi connectivity index (χ1) is 10.2. The van der Waals surface area contributed by atoms with E-state index < -0.39 is 8.32 Å². The zero-order chi connectivity index (χ0) is 16.5. The summed E-state index contributed by atoms with van der Waals surface area (Å²) in [6, 6.07) is 6.26. The molecule has 0 aromatic heterocycles. The van der Waals surface area contributed by atoms with Crippen LogP contribution in [-0.2, 0) is 10.8 Å². The van der Waals surface area contributed by atoms with Gasteiger partial charge < -0.3 is 9.16 Å². The van der Waals surface area contributed by atoms with E-state index in [4.69, 9.17) is 9.16 Å². The van der Waals surface area contributed by atoms with E-state index in [1.165, 1.54) is 11.1 Å². The minimum atomic E-state index is -1.86. The SMILES string of the molecule is C=C(O[Si](C)(C)C(C)(C)C)C1=CCCc2cc(OC)ccc21. The van der Waals surface area contributed by atoms with Crippen LogP contribution in [0.15, 0.2) is 36.6 Å². The number of aryl methyl sites for hydroxylation is 1. The summed E-state index contributed by atoms with van der Waals surface area (Å²) in [4.78, 5) is 0. The minimum Gasteiger partial charge on any atom is -0.543 e. The zero-order valence-electron chi connectivity index (χ0n) is 14.7. The molecule has 0 N–H and O–H groups in total. The zero-order valence-corrected chi connectivity index (χ0v) is 15.7. The maximum Gasteiger partial charge on any atom is 0.250 e. The van der Waals surface area contributed by atoms with Crippen LogP contribution in [0.3, 0.4) is 0 Å². The van der Waals surface area contributed by atoms with Crippen LogP contribution in [0, 0.1) is 0 Å². The molecule has 22 heavy (non-hydrogen) atoms. The lowest BCUT2D eigenvalue weighted by Crippen LogP contribution is -2.40. The maximum absolute atomic E-state index is 6.40. The third-order valence-electron chi connectivity index (χ3n) is 4.85. The van der Waals surface area contributed by atoms with Crippen molar-refractivity contribution >= 4 is 13.9 Å². The molecule has 0 fully saturated rings. The number of benzene rings is 1. The van der Waals surface area contributed by atoms with Crippen molar-refractivity contribution in [2.75, 3.05) is 7.11 Å². The van der Waals surface area contributed by atoms with Crippen molar-refractivity contribution in [1.29, 1.82) is 0 Å². The van der Waals surface area contributed by atoms with Gasteiger partial charge in [-0.2, -0.15) is 0 Å². The summed E-state index contributed by atoms with van der Waals surface area (Å²) in [6.07, 6.45) is 4.32. The highest BCUT2D eigenvalue weighted by Gasteiger charge is 2.39. The summed E-state index contributed by atoms with van der Waals surface area (Å²) in [5.74, 6) is 1.73. The Morgan fingerprint density at radius 2 is 1.91 bits per heavy atom. The van der Waals surface area contributed by atoms with Crippen LogP contribution in [-0.4, -0.2) is 15.4 Å². The van der Waals surface area contributed by atoms with Gasteiger partial charge in [0.25, 0.3) is 0 Å². The standard InChI is InChI=1S/C19H28O2Si/c1-14(21-22(6,7)19(2,3)4)17-10-8-9-15-13-16(20-5)11-12-18(15)17/h10-13H,1,8-9H2,2-7H3. The third-order valence-corrected chi connectivity index (χ3v) is 9.22. The third kappa shape index (κ3) is 3.30. The fourth-order valence-corrected chi connectivity index (χ4v) is 3.46. The fraction of sp³-hybridized carbons (Fsp3) is 0.474. The van der Waals surface area contributed by atoms with E-state index in [-0.39, 0.29) is 5.04 Å². The predicted molar refractivity (Wildman–Crippen MR) is 96.7 cm³/mol. The van der Waals surface area contributed by atoms with Gasteiger partial charge in [0, 0.05) is 5.57 Å². The molecular formula is C19H28O2Si. The Bertz CT molecular complexity index is 606. The molecule has 0 saturated carbocycles. The summed E-state index contributed by atoms with van der Waals surface area (Å²) in [5, 5.41) is 0.175. The molecule has 2 nitrogen and oxygen atoms in total. The van der Waals surface area contributed by atoms with Crippen molar-refractivity contribution in [3.05, 3.63) is 47.7 Å². The molecule has 120 valence electrons. The summed E-state index contributed by atoms with van der Waals surface area (Å²) in [7, 11) is -0.147. The Kier molecular flexibility index (Phi) is 4.57. The van der Waals surface area contributed by atoms with Gasteiger partial charge in [0.1, 0.15) is 11.5 Å². The number of methoxy groups -OCH3 is 1. The van der Waals surface area contributed by atoms with Crippen molar-refractivity contribution in [3.63, 3.8) is 0 Å². The Morgan fingerprint density at radius 3 is 2.50 bits per heavy atom. The van der Waals surface area contributed by atoms with Crippen LogP contribution in [0.2, 0.25) is 18.1 Å². The van der Waals surface area contributed by atoms with Crippen molar-refractivity contribution in [2.24, 2.45) is 0 Å². The Labute approximate surface area is 136 Å². The molecule has 1 aliphatic carbocycles. The van der Waals surface area contributed by atoms with Crippen LogP contribution in [0.4, 0.5) is 0 Å². The van der Waals surface area contributed by atoms with Crippen LogP contribution in [0.1, 0.15) is 38.3 Å². The predicted octanol–water partition coefficient (Wildman–Crippen LogP) is 5.56. The number of allylic oxidation sites excluding steroid dienone is 2. The van der Waals surface area contributed by atoms with E-state index in [1.807, 2.05) is 6.07 Å². The fourth-order valence-electron chi connectivity index (χ4n) is 2.43. The molecule has 0 unspecified atom stereocenters. The first kappa shape index (κ1) is 16.9. The molecule has 0 heterocycles. The minimum absolute atomic E-state index is 0.175. The monoisotopic (exact) mass is 316 g/mol. The van der Waals surface area contributed by atoms with Crippen LogP contribution >= 0.6 is 0 Å². The van der Waals surface area contributed by atoms with Crippen molar-refractivity contribution < 1.29 is 9.16 Å². The Hall–Kier alpha value is -1.48. The lowest BCUT2D eigenvalue weighted by molar-refractivity contribution is 0.405. The quantitative estimate of drug-likeness (QED) is 0.535. The van der Waals surface area contributed by atoms with Gasteiger partial charge >= 0.3 is 0 Å². The van der Waals surface area contributed by atoms with E-state index in [0.717, 1.165) is 29.9 Å². The van der Waals surface area contributed by atoms with Crippen molar-refractivity contribution in [2.45, 2.75) is 51.7 Å². The largest absolute Gasteiger partial charge is 0.543 e. The highest BCUT2D eigenvalue weighted by atomic mass is 28.4. The molecule has 0 bridgehead atoms. The second-order valence-corrected chi connectivity index (χ2v) is 12.2. The van der Waals surface area contributed by atoms with Gasteiger partial charge in [-0.3, -0.25) is 0 Å². The summed E-state index contributed by atoms with van der Waals surface area (Å²) >= 11 is 0. The highest BCUT2D eigenvalue weighted by molar-refractivity contribution is 6.74. The molecule has 0 atom stereocenters. The van der Waals surface area contributed by atoms with Crippen LogP contribution in [0.5, 0.6) is 5.75 Å². The molecule has 1 aromatic carbocycles. The second kappa shape index (κ2) is 5.96. The van der Waals surface area contributed by atoms with E-state index in [9.17, 15) is 0 Å². The number of hydrogen-bond donors (Lipinski definition) is 0. The van der Waals surface area contributed by atoms with Gasteiger partial charge in [0.2, 0.25) is 8.32 Å². The summed E-state index contributed by atoms with van der Waals surface area (Å²) in [6.45, 7) is 15.5. The molecule has 0 spiro atoms. The topological polar surface area (TPSA) is 18.5 Å². The van der Waals surface area contributed by atoms with E-state index in [0.29, 0.717) is 0 Å². The molecule has 3 heteroatoms. The van der Waals surface area contributed by atoms with Crippen LogP contribution < -0.4 is 4.74 Å². The van der Waals surface area contributed by atoms with Crippen molar-refractivity contribution in [3.8, 4) is 5.75 Å². The average Bonchev–Trinajstić information content (AvgIpc) is 2.44. The molecule has 0 saturated heterocycles. The molecule has 0 aliphatic heterocycles. The molecule has 0 radical (unpaired) electrons. The number of hydrogen-bond acceptors (Lipinski definition) is 2. The average molecular weight is 317 g/mol. The molecular weight excluding hydrogens is 288 g/mol. The highest BCUT2D eigenvalue weighted by Crippen LogP contribution is 2.41. The van der Waals surface area contributed by atoms with E-state index in [2.05, 4.69) is 58.7 Å². The summed E-state index contributed by atoms with van der Waals surface area (Å²) in [5.41, 5.74) is 3.70.